The monoisotopic (exact) mass is 378 g/mol. The SMILES string of the molecule is COc1ccc2ncc(F)c([C@H](O)C[C@@H]3CCC[C@@](CO)(C(N)=O)O3)c2c1. The average Bonchev–Trinajstić information content (AvgIpc) is 2.67. The summed E-state index contributed by atoms with van der Waals surface area (Å²) in [5.74, 6) is -0.859. The Morgan fingerprint density at radius 3 is 3.00 bits per heavy atom. The van der Waals surface area contributed by atoms with Crippen molar-refractivity contribution < 1.29 is 28.9 Å². The lowest BCUT2D eigenvalue weighted by Gasteiger charge is -2.38. The molecule has 1 aliphatic heterocycles. The van der Waals surface area contributed by atoms with Gasteiger partial charge in [-0.05, 0) is 37.5 Å². The van der Waals surface area contributed by atoms with Crippen molar-refractivity contribution in [3.05, 3.63) is 35.8 Å². The third-order valence-corrected chi connectivity index (χ3v) is 5.09. The Hall–Kier alpha value is -2.29. The molecule has 0 saturated carbocycles. The maximum absolute atomic E-state index is 14.5. The minimum atomic E-state index is -1.45. The van der Waals surface area contributed by atoms with Gasteiger partial charge < -0.3 is 25.4 Å². The van der Waals surface area contributed by atoms with Gasteiger partial charge in [-0.25, -0.2) is 4.39 Å². The number of nitrogens with two attached hydrogens (primary N) is 1. The molecule has 0 bridgehead atoms. The molecule has 0 spiro atoms. The van der Waals surface area contributed by atoms with Crippen LogP contribution in [0.4, 0.5) is 4.39 Å². The molecule has 1 fully saturated rings. The third-order valence-electron chi connectivity index (χ3n) is 5.09. The molecular formula is C19H23FN2O5. The van der Waals surface area contributed by atoms with E-state index >= 15 is 0 Å². The number of carbonyl (C=O) groups excluding carboxylic acids is 1. The lowest BCUT2D eigenvalue weighted by Crippen LogP contribution is -2.53. The Balaban J connectivity index is 1.89. The number of pyridine rings is 1. The molecule has 27 heavy (non-hydrogen) atoms. The summed E-state index contributed by atoms with van der Waals surface area (Å²) >= 11 is 0. The molecule has 1 aliphatic rings. The highest BCUT2D eigenvalue weighted by Gasteiger charge is 2.42. The molecule has 2 heterocycles. The van der Waals surface area contributed by atoms with E-state index in [1.54, 1.807) is 18.2 Å². The van der Waals surface area contributed by atoms with Crippen LogP contribution >= 0.6 is 0 Å². The number of rotatable bonds is 6. The molecule has 0 aliphatic carbocycles. The molecule has 4 N–H and O–H groups in total. The standard InChI is InChI=1S/C19H23FN2O5/c1-26-11-4-5-15-13(7-11)17(14(20)9-22-15)16(24)8-12-3-2-6-19(10-23,27-12)18(21)25/h4-5,7,9,12,16,23-24H,2-3,6,8,10H2,1H3,(H2,21,25)/t12-,16+,19+/m0/s1. The molecule has 0 radical (unpaired) electrons. The summed E-state index contributed by atoms with van der Waals surface area (Å²) in [5.41, 5.74) is 4.55. The summed E-state index contributed by atoms with van der Waals surface area (Å²) in [6.07, 6.45) is 0.888. The molecule has 1 aromatic carbocycles. The predicted octanol–water partition coefficient (Wildman–Crippen LogP) is 1.59. The topological polar surface area (TPSA) is 115 Å². The van der Waals surface area contributed by atoms with E-state index in [9.17, 15) is 19.4 Å². The Morgan fingerprint density at radius 2 is 2.33 bits per heavy atom. The zero-order valence-electron chi connectivity index (χ0n) is 15.0. The first-order valence-electron chi connectivity index (χ1n) is 8.79. The summed E-state index contributed by atoms with van der Waals surface area (Å²) in [4.78, 5) is 15.7. The molecule has 8 heteroatoms. The Morgan fingerprint density at radius 1 is 1.56 bits per heavy atom. The Labute approximate surface area is 155 Å². The van der Waals surface area contributed by atoms with Crippen LogP contribution in [0.1, 0.15) is 37.4 Å². The van der Waals surface area contributed by atoms with Crippen molar-refractivity contribution in [2.75, 3.05) is 13.7 Å². The van der Waals surface area contributed by atoms with E-state index in [0.717, 1.165) is 6.20 Å². The number of methoxy groups -OCH3 is 1. The van der Waals surface area contributed by atoms with E-state index in [0.29, 0.717) is 35.9 Å². The van der Waals surface area contributed by atoms with E-state index in [-0.39, 0.29) is 12.0 Å². The lowest BCUT2D eigenvalue weighted by molar-refractivity contribution is -0.176. The fraction of sp³-hybridized carbons (Fsp3) is 0.474. The maximum atomic E-state index is 14.5. The van der Waals surface area contributed by atoms with E-state index in [1.807, 2.05) is 0 Å². The van der Waals surface area contributed by atoms with E-state index in [4.69, 9.17) is 15.2 Å². The highest BCUT2D eigenvalue weighted by molar-refractivity contribution is 5.84. The van der Waals surface area contributed by atoms with Gasteiger partial charge in [0.1, 0.15) is 11.6 Å². The van der Waals surface area contributed by atoms with Crippen LogP contribution < -0.4 is 10.5 Å². The van der Waals surface area contributed by atoms with Crippen LogP contribution in [0.3, 0.4) is 0 Å². The van der Waals surface area contributed by atoms with Gasteiger partial charge in [-0.15, -0.1) is 0 Å². The smallest absolute Gasteiger partial charge is 0.252 e. The molecule has 2 aromatic rings. The number of hydrogen-bond acceptors (Lipinski definition) is 6. The number of hydrogen-bond donors (Lipinski definition) is 3. The van der Waals surface area contributed by atoms with Crippen LogP contribution in [0.25, 0.3) is 10.9 Å². The first kappa shape index (κ1) is 19.5. The van der Waals surface area contributed by atoms with Gasteiger partial charge >= 0.3 is 0 Å². The van der Waals surface area contributed by atoms with Gasteiger partial charge in [0.25, 0.3) is 5.91 Å². The van der Waals surface area contributed by atoms with Crippen molar-refractivity contribution in [1.82, 2.24) is 4.98 Å². The largest absolute Gasteiger partial charge is 0.497 e. The van der Waals surface area contributed by atoms with Crippen molar-refractivity contribution in [3.63, 3.8) is 0 Å². The molecule has 146 valence electrons. The maximum Gasteiger partial charge on any atom is 0.252 e. The molecule has 1 amide bonds. The van der Waals surface area contributed by atoms with Crippen molar-refractivity contribution in [1.29, 1.82) is 0 Å². The van der Waals surface area contributed by atoms with E-state index in [2.05, 4.69) is 4.98 Å². The Kier molecular flexibility index (Phi) is 5.59. The Bertz CT molecular complexity index is 846. The second-order valence-corrected chi connectivity index (χ2v) is 6.80. The fourth-order valence-electron chi connectivity index (χ4n) is 3.59. The molecule has 0 unspecified atom stereocenters. The molecule has 1 aromatic heterocycles. The van der Waals surface area contributed by atoms with Crippen molar-refractivity contribution in [2.24, 2.45) is 5.73 Å². The van der Waals surface area contributed by atoms with Gasteiger partial charge in [0.2, 0.25) is 0 Å². The van der Waals surface area contributed by atoms with Gasteiger partial charge in [0, 0.05) is 17.4 Å². The summed E-state index contributed by atoms with van der Waals surface area (Å²) in [5, 5.41) is 20.7. The number of ether oxygens (including phenoxy) is 2. The van der Waals surface area contributed by atoms with Gasteiger partial charge in [0.15, 0.2) is 5.60 Å². The number of aliphatic hydroxyl groups is 2. The predicted molar refractivity (Wildman–Crippen MR) is 95.6 cm³/mol. The highest BCUT2D eigenvalue weighted by Crippen LogP contribution is 2.36. The van der Waals surface area contributed by atoms with Crippen molar-refractivity contribution in [3.8, 4) is 5.75 Å². The molecule has 7 nitrogen and oxygen atoms in total. The van der Waals surface area contributed by atoms with Crippen LogP contribution in [0.5, 0.6) is 5.75 Å². The van der Waals surface area contributed by atoms with Crippen molar-refractivity contribution in [2.45, 2.75) is 43.5 Å². The number of benzene rings is 1. The molecule has 1 saturated heterocycles. The number of aliphatic hydroxyl groups excluding tert-OH is 2. The number of halogens is 1. The van der Waals surface area contributed by atoms with Crippen LogP contribution in [0, 0.1) is 5.82 Å². The van der Waals surface area contributed by atoms with Crippen molar-refractivity contribution >= 4 is 16.8 Å². The second-order valence-electron chi connectivity index (χ2n) is 6.80. The first-order valence-corrected chi connectivity index (χ1v) is 8.79. The summed E-state index contributed by atoms with van der Waals surface area (Å²) in [6.45, 7) is -0.529. The summed E-state index contributed by atoms with van der Waals surface area (Å²) in [7, 11) is 1.50. The number of primary amides is 1. The highest BCUT2D eigenvalue weighted by atomic mass is 19.1. The average molecular weight is 378 g/mol. The normalized spacial score (nSPS) is 23.9. The van der Waals surface area contributed by atoms with Crippen LogP contribution in [0.15, 0.2) is 24.4 Å². The summed E-state index contributed by atoms with van der Waals surface area (Å²) < 4.78 is 25.4. The van der Waals surface area contributed by atoms with E-state index in [1.165, 1.54) is 7.11 Å². The van der Waals surface area contributed by atoms with Crippen LogP contribution in [-0.4, -0.2) is 46.5 Å². The van der Waals surface area contributed by atoms with Gasteiger partial charge in [0.05, 0.1) is 37.6 Å². The second kappa shape index (κ2) is 7.75. The number of fused-ring (bicyclic) bond motifs is 1. The first-order chi connectivity index (χ1) is 12.9. The molecule has 3 rings (SSSR count). The van der Waals surface area contributed by atoms with Gasteiger partial charge in [-0.2, -0.15) is 0 Å². The number of carbonyl (C=O) groups is 1. The van der Waals surface area contributed by atoms with E-state index < -0.39 is 36.1 Å². The number of nitrogens with zero attached hydrogens (tertiary/aromatic N) is 1. The minimum absolute atomic E-state index is 0.0578. The quantitative estimate of drug-likeness (QED) is 0.703. The summed E-state index contributed by atoms with van der Waals surface area (Å²) in [6, 6.07) is 5.01. The van der Waals surface area contributed by atoms with Gasteiger partial charge in [-0.3, -0.25) is 9.78 Å². The molecular weight excluding hydrogens is 355 g/mol. The van der Waals surface area contributed by atoms with Crippen LogP contribution in [-0.2, 0) is 9.53 Å². The zero-order valence-corrected chi connectivity index (χ0v) is 15.0. The minimum Gasteiger partial charge on any atom is -0.497 e. The molecule has 3 atom stereocenters. The number of aromatic nitrogens is 1. The third kappa shape index (κ3) is 3.73. The zero-order chi connectivity index (χ0) is 19.6. The van der Waals surface area contributed by atoms with Crippen LogP contribution in [0.2, 0.25) is 0 Å². The lowest BCUT2D eigenvalue weighted by atomic mass is 9.88. The fourth-order valence-corrected chi connectivity index (χ4v) is 3.59. The number of amides is 1. The van der Waals surface area contributed by atoms with Gasteiger partial charge in [-0.1, -0.05) is 0 Å².